The Labute approximate surface area is 143 Å². The van der Waals surface area contributed by atoms with Crippen LogP contribution in [-0.2, 0) is 6.54 Å². The van der Waals surface area contributed by atoms with Crippen molar-refractivity contribution in [2.24, 2.45) is 4.99 Å². The Balaban J connectivity index is 1.75. The number of imidazole rings is 1. The molecular formula is C19H15N5O. The smallest absolute Gasteiger partial charge is 0.279 e. The van der Waals surface area contributed by atoms with Crippen molar-refractivity contribution in [1.29, 1.82) is 0 Å². The molecule has 2 aromatic carbocycles. The normalized spacial score (nSPS) is 11.8. The Morgan fingerprint density at radius 1 is 1.00 bits per heavy atom. The molecule has 0 unspecified atom stereocenters. The molecule has 2 heterocycles. The van der Waals surface area contributed by atoms with Gasteiger partial charge in [-0.05, 0) is 17.7 Å². The number of aromatic nitrogens is 4. The van der Waals surface area contributed by atoms with Crippen molar-refractivity contribution in [2.75, 3.05) is 0 Å². The molecular weight excluding hydrogens is 314 g/mol. The maximum atomic E-state index is 12.3. The zero-order valence-electron chi connectivity index (χ0n) is 13.3. The van der Waals surface area contributed by atoms with Gasteiger partial charge in [-0.3, -0.25) is 4.79 Å². The molecule has 122 valence electrons. The van der Waals surface area contributed by atoms with Gasteiger partial charge >= 0.3 is 0 Å². The molecule has 0 fully saturated rings. The number of rotatable bonds is 3. The van der Waals surface area contributed by atoms with E-state index >= 15 is 0 Å². The topological polar surface area (TPSA) is 75.9 Å². The second kappa shape index (κ2) is 6.52. The summed E-state index contributed by atoms with van der Waals surface area (Å²) in [5, 5.41) is 0. The summed E-state index contributed by atoms with van der Waals surface area (Å²) in [6.07, 6.45) is 3.24. The Kier molecular flexibility index (Phi) is 3.92. The molecule has 0 radical (unpaired) electrons. The molecule has 4 aromatic rings. The predicted octanol–water partition coefficient (Wildman–Crippen LogP) is 2.55. The van der Waals surface area contributed by atoms with E-state index in [0.29, 0.717) is 28.8 Å². The van der Waals surface area contributed by atoms with Crippen LogP contribution in [0.1, 0.15) is 15.9 Å². The molecule has 6 heteroatoms. The lowest BCUT2D eigenvalue weighted by Gasteiger charge is -2.07. The minimum atomic E-state index is -0.329. The standard InChI is InChI=1S/C19H15N5O/c25-19(15-9-5-2-6-10-15)23-17-16-18(21-12-20-16)24(13-22-17)11-14-7-3-1-4-8-14/h1-10,12-13H,11H2,(H,20,21). The van der Waals surface area contributed by atoms with Crippen molar-refractivity contribution in [2.45, 2.75) is 6.54 Å². The monoisotopic (exact) mass is 329 g/mol. The Morgan fingerprint density at radius 3 is 2.48 bits per heavy atom. The van der Waals surface area contributed by atoms with Crippen LogP contribution < -0.4 is 5.49 Å². The molecule has 6 nitrogen and oxygen atoms in total. The largest absolute Gasteiger partial charge is 0.340 e. The fraction of sp³-hybridized carbons (Fsp3) is 0.0526. The van der Waals surface area contributed by atoms with Gasteiger partial charge in [0, 0.05) is 5.56 Å². The highest BCUT2D eigenvalue weighted by molar-refractivity contribution is 5.95. The number of aromatic amines is 1. The third-order valence-corrected chi connectivity index (χ3v) is 3.86. The van der Waals surface area contributed by atoms with Gasteiger partial charge < -0.3 is 9.55 Å². The number of amides is 1. The molecule has 0 aliphatic rings. The third-order valence-electron chi connectivity index (χ3n) is 3.86. The lowest BCUT2D eigenvalue weighted by Crippen LogP contribution is -2.17. The highest BCUT2D eigenvalue weighted by atomic mass is 16.1. The van der Waals surface area contributed by atoms with Crippen molar-refractivity contribution >= 4 is 17.1 Å². The van der Waals surface area contributed by atoms with Crippen LogP contribution in [0.4, 0.5) is 0 Å². The zero-order valence-corrected chi connectivity index (χ0v) is 13.3. The van der Waals surface area contributed by atoms with Gasteiger partial charge in [-0.2, -0.15) is 4.99 Å². The van der Waals surface area contributed by atoms with E-state index in [1.165, 1.54) is 0 Å². The highest BCUT2D eigenvalue weighted by Gasteiger charge is 2.08. The Bertz CT molecular complexity index is 1080. The van der Waals surface area contributed by atoms with Crippen molar-refractivity contribution < 1.29 is 4.79 Å². The van der Waals surface area contributed by atoms with E-state index in [-0.39, 0.29) is 5.91 Å². The maximum absolute atomic E-state index is 12.3. The van der Waals surface area contributed by atoms with Gasteiger partial charge in [-0.1, -0.05) is 48.5 Å². The summed E-state index contributed by atoms with van der Waals surface area (Å²) in [4.78, 5) is 28.2. The number of benzene rings is 2. The van der Waals surface area contributed by atoms with Gasteiger partial charge in [0.2, 0.25) is 0 Å². The van der Waals surface area contributed by atoms with Gasteiger partial charge in [-0.15, -0.1) is 0 Å². The van der Waals surface area contributed by atoms with Crippen molar-refractivity contribution in [1.82, 2.24) is 19.5 Å². The Hall–Kier alpha value is -3.54. The molecule has 0 aliphatic carbocycles. The van der Waals surface area contributed by atoms with E-state index in [0.717, 1.165) is 5.56 Å². The summed E-state index contributed by atoms with van der Waals surface area (Å²) < 4.78 is 1.92. The van der Waals surface area contributed by atoms with Gasteiger partial charge in [-0.25, -0.2) is 9.97 Å². The van der Waals surface area contributed by atoms with Gasteiger partial charge in [0.05, 0.1) is 19.2 Å². The lowest BCUT2D eigenvalue weighted by molar-refractivity contribution is 0.0998. The van der Waals surface area contributed by atoms with Crippen molar-refractivity contribution in [3.63, 3.8) is 0 Å². The molecule has 1 N–H and O–H groups in total. The molecule has 4 rings (SSSR count). The highest BCUT2D eigenvalue weighted by Crippen LogP contribution is 2.08. The number of hydrogen-bond acceptors (Lipinski definition) is 3. The SMILES string of the molecule is O=C(N=c1ncn(Cc2ccccc2)c2nc[nH]c12)c1ccccc1. The van der Waals surface area contributed by atoms with E-state index in [9.17, 15) is 4.79 Å². The first-order chi connectivity index (χ1) is 12.3. The maximum Gasteiger partial charge on any atom is 0.279 e. The molecule has 0 bridgehead atoms. The molecule has 2 aromatic heterocycles. The first-order valence-corrected chi connectivity index (χ1v) is 7.88. The van der Waals surface area contributed by atoms with Crippen molar-refractivity contribution in [3.8, 4) is 0 Å². The summed E-state index contributed by atoms with van der Waals surface area (Å²) in [6, 6.07) is 19.0. The summed E-state index contributed by atoms with van der Waals surface area (Å²) in [7, 11) is 0. The second-order valence-corrected chi connectivity index (χ2v) is 5.57. The number of nitrogens with zero attached hydrogens (tertiary/aromatic N) is 4. The number of nitrogens with one attached hydrogen (secondary N) is 1. The summed E-state index contributed by atoms with van der Waals surface area (Å²) >= 11 is 0. The van der Waals surface area contributed by atoms with Crippen LogP contribution in [0.15, 0.2) is 78.3 Å². The first-order valence-electron chi connectivity index (χ1n) is 7.88. The number of fused-ring (bicyclic) bond motifs is 1. The van der Waals surface area contributed by atoms with E-state index in [2.05, 4.69) is 19.9 Å². The van der Waals surface area contributed by atoms with Crippen LogP contribution in [0.2, 0.25) is 0 Å². The van der Waals surface area contributed by atoms with Crippen LogP contribution in [0.25, 0.3) is 11.2 Å². The van der Waals surface area contributed by atoms with Gasteiger partial charge in [0.1, 0.15) is 5.52 Å². The summed E-state index contributed by atoms with van der Waals surface area (Å²) in [5.41, 5.74) is 3.36. The summed E-state index contributed by atoms with van der Waals surface area (Å²) in [6.45, 7) is 0.641. The number of H-pyrrole nitrogens is 1. The van der Waals surface area contributed by atoms with Crippen LogP contribution in [0.3, 0.4) is 0 Å². The zero-order chi connectivity index (χ0) is 17.1. The molecule has 0 atom stereocenters. The molecule has 0 aliphatic heterocycles. The fourth-order valence-electron chi connectivity index (χ4n) is 2.64. The molecule has 0 saturated carbocycles. The van der Waals surface area contributed by atoms with Crippen LogP contribution in [-0.4, -0.2) is 25.4 Å². The third kappa shape index (κ3) is 3.10. The minimum absolute atomic E-state index is 0.329. The predicted molar refractivity (Wildman–Crippen MR) is 93.8 cm³/mol. The quantitative estimate of drug-likeness (QED) is 0.627. The Morgan fingerprint density at radius 2 is 1.72 bits per heavy atom. The van der Waals surface area contributed by atoms with Crippen molar-refractivity contribution in [3.05, 3.63) is 89.9 Å². The average molecular weight is 329 g/mol. The number of carbonyl (C=O) groups is 1. The fourth-order valence-corrected chi connectivity index (χ4v) is 2.64. The first kappa shape index (κ1) is 15.0. The summed E-state index contributed by atoms with van der Waals surface area (Å²) in [5.74, 6) is -0.329. The average Bonchev–Trinajstić information content (AvgIpc) is 3.16. The van der Waals surface area contributed by atoms with Crippen LogP contribution in [0, 0.1) is 0 Å². The van der Waals surface area contributed by atoms with Crippen LogP contribution >= 0.6 is 0 Å². The van der Waals surface area contributed by atoms with Crippen LogP contribution in [0.5, 0.6) is 0 Å². The number of carbonyl (C=O) groups excluding carboxylic acids is 1. The number of hydrogen-bond donors (Lipinski definition) is 1. The second-order valence-electron chi connectivity index (χ2n) is 5.57. The molecule has 0 spiro atoms. The van der Waals surface area contributed by atoms with E-state index in [1.807, 2.05) is 41.0 Å². The van der Waals surface area contributed by atoms with Gasteiger partial charge in [0.15, 0.2) is 11.1 Å². The van der Waals surface area contributed by atoms with E-state index in [4.69, 9.17) is 0 Å². The van der Waals surface area contributed by atoms with E-state index < -0.39 is 0 Å². The molecule has 25 heavy (non-hydrogen) atoms. The molecule has 0 saturated heterocycles. The van der Waals surface area contributed by atoms with Gasteiger partial charge in [0.25, 0.3) is 5.91 Å². The molecule has 1 amide bonds. The minimum Gasteiger partial charge on any atom is -0.340 e. The lowest BCUT2D eigenvalue weighted by atomic mass is 10.2. The van der Waals surface area contributed by atoms with E-state index in [1.54, 1.807) is 36.9 Å².